The van der Waals surface area contributed by atoms with E-state index in [-0.39, 0.29) is 31.7 Å². The van der Waals surface area contributed by atoms with Crippen molar-refractivity contribution in [1.82, 2.24) is 10.6 Å². The van der Waals surface area contributed by atoms with E-state index >= 15 is 0 Å². The van der Waals surface area contributed by atoms with E-state index < -0.39 is 42.2 Å². The molecule has 0 spiro atoms. The Morgan fingerprint density at radius 2 is 1.77 bits per heavy atom. The summed E-state index contributed by atoms with van der Waals surface area (Å²) < 4.78 is 10.1. The van der Waals surface area contributed by atoms with Crippen molar-refractivity contribution in [2.45, 2.75) is 31.8 Å². The van der Waals surface area contributed by atoms with Crippen LogP contribution in [0.15, 0.2) is 24.3 Å². The Balaban J connectivity index is 2.42. The van der Waals surface area contributed by atoms with Crippen molar-refractivity contribution in [3.8, 4) is 5.75 Å². The smallest absolute Gasteiger partial charge is 0.237 e. The fourth-order valence-corrected chi connectivity index (χ4v) is 2.67. The Labute approximate surface area is 182 Å². The Kier molecular flexibility index (Phi) is 12.4. The lowest BCUT2D eigenvalue weighted by Crippen LogP contribution is -2.48. The third-order valence-corrected chi connectivity index (χ3v) is 4.59. The molecule has 174 valence electrons. The molecule has 6 N–H and O–H groups in total. The van der Waals surface area contributed by atoms with Gasteiger partial charge in [0, 0.05) is 20.1 Å². The second-order valence-corrected chi connectivity index (χ2v) is 7.15. The molecule has 31 heavy (non-hydrogen) atoms. The van der Waals surface area contributed by atoms with Crippen LogP contribution >= 0.6 is 0 Å². The number of carbonyl (C=O) groups excluding carboxylic acids is 3. The fourth-order valence-electron chi connectivity index (χ4n) is 2.67. The third-order valence-electron chi connectivity index (χ3n) is 4.59. The molecule has 0 saturated carbocycles. The molecule has 0 fully saturated rings. The molecule has 0 heterocycles. The van der Waals surface area contributed by atoms with Gasteiger partial charge in [-0.1, -0.05) is 12.1 Å². The molecular weight excluding hydrogens is 406 g/mol. The summed E-state index contributed by atoms with van der Waals surface area (Å²) in [5.41, 5.74) is 6.67. The Morgan fingerprint density at radius 3 is 2.39 bits per heavy atom. The minimum atomic E-state index is -0.920. The number of aromatic hydroxyl groups is 1. The second-order valence-electron chi connectivity index (χ2n) is 7.15. The van der Waals surface area contributed by atoms with E-state index in [0.29, 0.717) is 13.2 Å². The first-order chi connectivity index (χ1) is 14.8. The molecule has 0 aliphatic carbocycles. The second kappa shape index (κ2) is 14.5. The van der Waals surface area contributed by atoms with Gasteiger partial charge in [0.05, 0.1) is 44.4 Å². The van der Waals surface area contributed by atoms with E-state index in [2.05, 4.69) is 10.6 Å². The van der Waals surface area contributed by atoms with Gasteiger partial charge in [0.1, 0.15) is 5.75 Å². The van der Waals surface area contributed by atoms with Gasteiger partial charge >= 0.3 is 0 Å². The van der Waals surface area contributed by atoms with E-state index in [1.165, 1.54) is 19.1 Å². The van der Waals surface area contributed by atoms with Crippen LogP contribution in [0, 0.1) is 5.92 Å². The SMILES string of the molecule is COCCOCCNC(=O)[C@H](CO)CC(=O)[C@@H](C)NC(=O)[C@@H](N)Cc1ccc(O)cc1. The molecule has 0 aliphatic rings. The average molecular weight is 440 g/mol. The minimum Gasteiger partial charge on any atom is -0.508 e. The van der Waals surface area contributed by atoms with Gasteiger partial charge in [-0.3, -0.25) is 14.4 Å². The number of rotatable bonds is 15. The predicted octanol–water partition coefficient (Wildman–Crippen LogP) is -0.886. The minimum absolute atomic E-state index is 0.113. The quantitative estimate of drug-likeness (QED) is 0.220. The number of Topliss-reactive ketones (excluding diaryl/α,β-unsaturated/α-hetero) is 1. The number of nitrogens with one attached hydrogen (secondary N) is 2. The molecule has 0 bridgehead atoms. The molecule has 0 aliphatic heterocycles. The van der Waals surface area contributed by atoms with Crippen LogP contribution in [-0.2, 0) is 30.3 Å². The highest BCUT2D eigenvalue weighted by Gasteiger charge is 2.26. The molecule has 0 radical (unpaired) electrons. The van der Waals surface area contributed by atoms with Crippen LogP contribution in [0.4, 0.5) is 0 Å². The van der Waals surface area contributed by atoms with Crippen LogP contribution in [0.5, 0.6) is 5.75 Å². The van der Waals surface area contributed by atoms with Crippen LogP contribution in [0.1, 0.15) is 18.9 Å². The molecular formula is C21H33N3O7. The third kappa shape index (κ3) is 10.4. The molecule has 2 amide bonds. The number of ether oxygens (including phenoxy) is 2. The number of nitrogens with two attached hydrogens (primary N) is 1. The number of ketones is 1. The predicted molar refractivity (Wildman–Crippen MR) is 113 cm³/mol. The van der Waals surface area contributed by atoms with Gasteiger partial charge < -0.3 is 36.1 Å². The first-order valence-corrected chi connectivity index (χ1v) is 10.1. The lowest BCUT2D eigenvalue weighted by molar-refractivity contribution is -0.132. The number of aliphatic hydroxyl groups is 1. The highest BCUT2D eigenvalue weighted by atomic mass is 16.5. The molecule has 3 atom stereocenters. The Hall–Kier alpha value is -2.53. The maximum absolute atomic E-state index is 12.4. The van der Waals surface area contributed by atoms with Gasteiger partial charge in [-0.25, -0.2) is 0 Å². The van der Waals surface area contributed by atoms with E-state index in [9.17, 15) is 24.6 Å². The van der Waals surface area contributed by atoms with Crippen molar-refractivity contribution in [3.05, 3.63) is 29.8 Å². The average Bonchev–Trinajstić information content (AvgIpc) is 2.75. The number of hydrogen-bond donors (Lipinski definition) is 5. The summed E-state index contributed by atoms with van der Waals surface area (Å²) in [4.78, 5) is 36.8. The Morgan fingerprint density at radius 1 is 1.10 bits per heavy atom. The number of aliphatic hydroxyl groups excluding tert-OH is 1. The number of carbonyl (C=O) groups is 3. The van der Waals surface area contributed by atoms with Crippen LogP contribution in [-0.4, -0.2) is 80.0 Å². The van der Waals surface area contributed by atoms with Crippen molar-refractivity contribution in [3.63, 3.8) is 0 Å². The summed E-state index contributed by atoms with van der Waals surface area (Å²) in [5.74, 6) is -2.17. The summed E-state index contributed by atoms with van der Waals surface area (Å²) in [6, 6.07) is 4.57. The van der Waals surface area contributed by atoms with Gasteiger partial charge in [0.2, 0.25) is 11.8 Å². The zero-order valence-corrected chi connectivity index (χ0v) is 18.0. The van der Waals surface area contributed by atoms with E-state index in [0.717, 1.165) is 5.56 Å². The van der Waals surface area contributed by atoms with Gasteiger partial charge in [-0.15, -0.1) is 0 Å². The van der Waals surface area contributed by atoms with Crippen LogP contribution < -0.4 is 16.4 Å². The van der Waals surface area contributed by atoms with Crippen LogP contribution in [0.25, 0.3) is 0 Å². The highest BCUT2D eigenvalue weighted by molar-refractivity contribution is 5.93. The van der Waals surface area contributed by atoms with Crippen molar-refractivity contribution in [2.24, 2.45) is 11.7 Å². The monoisotopic (exact) mass is 439 g/mol. The lowest BCUT2D eigenvalue weighted by atomic mass is 9.98. The van der Waals surface area contributed by atoms with E-state index in [1.54, 1.807) is 19.2 Å². The molecule has 0 saturated heterocycles. The molecule has 1 aromatic rings. The van der Waals surface area contributed by atoms with Gasteiger partial charge in [-0.2, -0.15) is 0 Å². The number of phenolic OH excluding ortho intramolecular Hbond substituents is 1. The number of hydrogen-bond acceptors (Lipinski definition) is 8. The standard InChI is InChI=1S/C21H33N3O7/c1-14(24-21(29)18(22)11-15-3-5-17(26)6-4-15)19(27)12-16(13-25)20(28)23-7-8-31-10-9-30-2/h3-6,14,16,18,25-26H,7-13,22H2,1-2H3,(H,23,28)(H,24,29)/t14-,16+,18+/m1/s1. The van der Waals surface area contributed by atoms with Crippen LogP contribution in [0.3, 0.4) is 0 Å². The molecule has 10 nitrogen and oxygen atoms in total. The fraction of sp³-hybridized carbons (Fsp3) is 0.571. The largest absolute Gasteiger partial charge is 0.508 e. The maximum atomic E-state index is 12.4. The zero-order valence-electron chi connectivity index (χ0n) is 18.0. The summed E-state index contributed by atoms with van der Waals surface area (Å²) >= 11 is 0. The van der Waals surface area contributed by atoms with Gasteiger partial charge in [-0.05, 0) is 31.0 Å². The summed E-state index contributed by atoms with van der Waals surface area (Å²) in [6.45, 7) is 2.38. The highest BCUT2D eigenvalue weighted by Crippen LogP contribution is 2.11. The van der Waals surface area contributed by atoms with Crippen molar-refractivity contribution in [1.29, 1.82) is 0 Å². The molecule has 10 heteroatoms. The normalized spacial score (nSPS) is 13.8. The van der Waals surface area contributed by atoms with Crippen LogP contribution in [0.2, 0.25) is 0 Å². The first kappa shape index (κ1) is 26.5. The topological polar surface area (TPSA) is 160 Å². The number of phenols is 1. The van der Waals surface area contributed by atoms with Crippen molar-refractivity contribution in [2.75, 3.05) is 40.1 Å². The summed E-state index contributed by atoms with van der Waals surface area (Å²) in [6.07, 6.45) is 0.0165. The molecule has 1 rings (SSSR count). The summed E-state index contributed by atoms with van der Waals surface area (Å²) in [7, 11) is 1.56. The number of amides is 2. The first-order valence-electron chi connectivity index (χ1n) is 10.1. The molecule has 0 aromatic heterocycles. The van der Waals surface area contributed by atoms with Gasteiger partial charge in [0.15, 0.2) is 5.78 Å². The van der Waals surface area contributed by atoms with Crippen molar-refractivity contribution < 1.29 is 34.1 Å². The van der Waals surface area contributed by atoms with E-state index in [1.807, 2.05) is 0 Å². The molecule has 0 unspecified atom stereocenters. The van der Waals surface area contributed by atoms with E-state index in [4.69, 9.17) is 15.2 Å². The van der Waals surface area contributed by atoms with Gasteiger partial charge in [0.25, 0.3) is 0 Å². The lowest BCUT2D eigenvalue weighted by Gasteiger charge is -2.19. The Bertz CT molecular complexity index is 697. The number of methoxy groups -OCH3 is 1. The van der Waals surface area contributed by atoms with Crippen molar-refractivity contribution >= 4 is 17.6 Å². The summed E-state index contributed by atoms with van der Waals surface area (Å²) in [5, 5.41) is 23.9. The molecule has 1 aromatic carbocycles. The number of benzene rings is 1. The zero-order chi connectivity index (χ0) is 23.2. The maximum Gasteiger partial charge on any atom is 0.237 e.